The second kappa shape index (κ2) is 7.95. The number of hydrazone groups is 1. The fraction of sp³-hybridized carbons (Fsp3) is 0.0588. The van der Waals surface area contributed by atoms with Crippen LogP contribution in [0.25, 0.3) is 11.3 Å². The van der Waals surface area contributed by atoms with E-state index in [0.717, 1.165) is 6.20 Å². The van der Waals surface area contributed by atoms with Gasteiger partial charge >= 0.3 is 0 Å². The zero-order chi connectivity index (χ0) is 20.1. The van der Waals surface area contributed by atoms with Crippen LogP contribution in [0.15, 0.2) is 58.2 Å². The first-order valence-corrected chi connectivity index (χ1v) is 7.80. The number of pyridine rings is 1. The van der Waals surface area contributed by atoms with E-state index in [1.807, 2.05) is 0 Å². The highest BCUT2D eigenvalue weighted by atomic mass is 16.6. The molecule has 3 rings (SSSR count). The number of nitro groups is 2. The van der Waals surface area contributed by atoms with E-state index in [-0.39, 0.29) is 11.4 Å². The van der Waals surface area contributed by atoms with Crippen LogP contribution in [0, 0.1) is 20.2 Å². The molecule has 0 atom stereocenters. The van der Waals surface area contributed by atoms with Crippen LogP contribution in [0.3, 0.4) is 0 Å². The summed E-state index contributed by atoms with van der Waals surface area (Å²) in [5, 5.41) is 25.5. The monoisotopic (exact) mass is 383 g/mol. The quantitative estimate of drug-likeness (QED) is 0.370. The van der Waals surface area contributed by atoms with E-state index in [1.165, 1.54) is 43.7 Å². The maximum absolute atomic E-state index is 11.0. The molecule has 0 unspecified atom stereocenters. The summed E-state index contributed by atoms with van der Waals surface area (Å²) in [5.74, 6) is 1.49. The normalized spacial score (nSPS) is 10.8. The number of aromatic nitrogens is 1. The number of nitro benzene ring substituents is 1. The molecule has 0 saturated carbocycles. The van der Waals surface area contributed by atoms with Crippen molar-refractivity contribution in [1.82, 2.24) is 4.98 Å². The van der Waals surface area contributed by atoms with E-state index >= 15 is 0 Å². The Balaban J connectivity index is 1.75. The number of non-ortho nitro benzene ring substituents is 1. The molecule has 11 nitrogen and oxygen atoms in total. The number of nitrogens with zero attached hydrogens (tertiary/aromatic N) is 4. The minimum Gasteiger partial charge on any atom is -0.496 e. The van der Waals surface area contributed by atoms with Crippen molar-refractivity contribution in [1.29, 1.82) is 0 Å². The van der Waals surface area contributed by atoms with E-state index in [9.17, 15) is 20.2 Å². The van der Waals surface area contributed by atoms with Gasteiger partial charge in [0.2, 0.25) is 0 Å². The third-order valence-corrected chi connectivity index (χ3v) is 3.62. The molecule has 1 N–H and O–H groups in total. The molecule has 0 fully saturated rings. The van der Waals surface area contributed by atoms with Crippen LogP contribution >= 0.6 is 0 Å². The van der Waals surface area contributed by atoms with Gasteiger partial charge in [-0.3, -0.25) is 25.7 Å². The molecule has 2 aromatic heterocycles. The Morgan fingerprint density at radius 3 is 2.50 bits per heavy atom. The summed E-state index contributed by atoms with van der Waals surface area (Å²) in [7, 11) is 1.46. The van der Waals surface area contributed by atoms with Gasteiger partial charge in [-0.1, -0.05) is 0 Å². The molecule has 0 radical (unpaired) electrons. The van der Waals surface area contributed by atoms with Crippen molar-refractivity contribution in [3.63, 3.8) is 0 Å². The third-order valence-electron chi connectivity index (χ3n) is 3.62. The summed E-state index contributed by atoms with van der Waals surface area (Å²) >= 11 is 0. The van der Waals surface area contributed by atoms with Gasteiger partial charge in [0.1, 0.15) is 29.3 Å². The van der Waals surface area contributed by atoms with Crippen LogP contribution in [0.5, 0.6) is 5.75 Å². The van der Waals surface area contributed by atoms with Crippen molar-refractivity contribution in [2.24, 2.45) is 5.10 Å². The molecule has 0 bridgehead atoms. The molecule has 11 heteroatoms. The molecule has 0 saturated heterocycles. The van der Waals surface area contributed by atoms with Crippen LogP contribution in [0.2, 0.25) is 0 Å². The first-order valence-electron chi connectivity index (χ1n) is 7.80. The van der Waals surface area contributed by atoms with E-state index in [1.54, 1.807) is 12.1 Å². The zero-order valence-electron chi connectivity index (χ0n) is 14.4. The fourth-order valence-corrected chi connectivity index (χ4v) is 2.29. The SMILES string of the molecule is COc1ccc([N+](=O)[O-])cc1-c1ccc(/C=N/Nc2ccc([N+](=O)[O-])cn2)o1. The van der Waals surface area contributed by atoms with Gasteiger partial charge in [0.15, 0.2) is 0 Å². The summed E-state index contributed by atoms with van der Waals surface area (Å²) < 4.78 is 10.9. The van der Waals surface area contributed by atoms with E-state index in [4.69, 9.17) is 9.15 Å². The van der Waals surface area contributed by atoms with Gasteiger partial charge in [-0.25, -0.2) is 4.98 Å². The average molecular weight is 383 g/mol. The highest BCUT2D eigenvalue weighted by Gasteiger charge is 2.15. The third kappa shape index (κ3) is 4.09. The number of ether oxygens (including phenoxy) is 1. The van der Waals surface area contributed by atoms with Gasteiger partial charge in [-0.2, -0.15) is 5.10 Å². The lowest BCUT2D eigenvalue weighted by atomic mass is 10.1. The summed E-state index contributed by atoms with van der Waals surface area (Å²) in [6, 6.07) is 10.2. The van der Waals surface area contributed by atoms with Gasteiger partial charge in [-0.05, 0) is 24.3 Å². The lowest BCUT2D eigenvalue weighted by molar-refractivity contribution is -0.385. The van der Waals surface area contributed by atoms with Gasteiger partial charge < -0.3 is 9.15 Å². The van der Waals surface area contributed by atoms with Crippen molar-refractivity contribution < 1.29 is 19.0 Å². The van der Waals surface area contributed by atoms with Crippen molar-refractivity contribution >= 4 is 23.4 Å². The molecule has 0 spiro atoms. The van der Waals surface area contributed by atoms with Gasteiger partial charge in [0.05, 0.1) is 28.7 Å². The molecule has 0 amide bonds. The Hall–Kier alpha value is -4.28. The van der Waals surface area contributed by atoms with Gasteiger partial charge in [0.25, 0.3) is 11.4 Å². The van der Waals surface area contributed by atoms with Crippen molar-refractivity contribution in [2.75, 3.05) is 12.5 Å². The van der Waals surface area contributed by atoms with Gasteiger partial charge in [-0.15, -0.1) is 0 Å². The van der Waals surface area contributed by atoms with Crippen molar-refractivity contribution in [3.8, 4) is 17.1 Å². The van der Waals surface area contributed by atoms with Crippen molar-refractivity contribution in [3.05, 3.63) is 74.7 Å². The molecular weight excluding hydrogens is 370 g/mol. The fourth-order valence-electron chi connectivity index (χ4n) is 2.29. The first kappa shape index (κ1) is 18.5. The lowest BCUT2D eigenvalue weighted by Gasteiger charge is -2.05. The predicted octanol–water partition coefficient (Wildman–Crippen LogP) is 3.61. The van der Waals surface area contributed by atoms with E-state index < -0.39 is 9.85 Å². The van der Waals surface area contributed by atoms with E-state index in [2.05, 4.69) is 15.5 Å². The minimum atomic E-state index is -0.549. The highest BCUT2D eigenvalue weighted by Crippen LogP contribution is 2.34. The van der Waals surface area contributed by atoms with Crippen LogP contribution < -0.4 is 10.2 Å². The number of rotatable bonds is 7. The molecule has 28 heavy (non-hydrogen) atoms. The molecule has 2 heterocycles. The average Bonchev–Trinajstić information content (AvgIpc) is 3.16. The molecule has 0 aliphatic rings. The smallest absolute Gasteiger partial charge is 0.287 e. The number of benzene rings is 1. The molecule has 0 aliphatic carbocycles. The Kier molecular flexibility index (Phi) is 5.25. The molecule has 3 aromatic rings. The number of methoxy groups -OCH3 is 1. The van der Waals surface area contributed by atoms with Crippen LogP contribution in [-0.4, -0.2) is 28.2 Å². The molecular formula is C17H13N5O6. The maximum Gasteiger partial charge on any atom is 0.287 e. The molecule has 142 valence electrons. The summed E-state index contributed by atoms with van der Waals surface area (Å²) in [5.41, 5.74) is 2.83. The molecule has 1 aromatic carbocycles. The number of hydrogen-bond acceptors (Lipinski definition) is 9. The summed E-state index contributed by atoms with van der Waals surface area (Å²) in [6.45, 7) is 0. The standard InChI is InChI=1S/C17H13N5O6/c1-27-15-5-2-11(21(23)24)8-14(15)16-6-4-13(28-16)10-19-20-17-7-3-12(9-18-17)22(25)26/h2-10H,1H3,(H,18,20)/b19-10+. The predicted molar refractivity (Wildman–Crippen MR) is 99.5 cm³/mol. The number of anilines is 1. The zero-order valence-corrected chi connectivity index (χ0v) is 14.4. The first-order chi connectivity index (χ1) is 13.5. The van der Waals surface area contributed by atoms with Crippen LogP contribution in [0.4, 0.5) is 17.2 Å². The maximum atomic E-state index is 11.0. The highest BCUT2D eigenvalue weighted by molar-refractivity contribution is 5.79. The Morgan fingerprint density at radius 1 is 1.11 bits per heavy atom. The topological polar surface area (TPSA) is 146 Å². The Labute approximate surface area is 157 Å². The Morgan fingerprint density at radius 2 is 1.86 bits per heavy atom. The summed E-state index contributed by atoms with van der Waals surface area (Å²) in [6.07, 6.45) is 2.48. The Bertz CT molecular complexity index is 1040. The van der Waals surface area contributed by atoms with Crippen molar-refractivity contribution in [2.45, 2.75) is 0 Å². The minimum absolute atomic E-state index is 0.0895. The van der Waals surface area contributed by atoms with Crippen LogP contribution in [-0.2, 0) is 0 Å². The largest absolute Gasteiger partial charge is 0.496 e. The lowest BCUT2D eigenvalue weighted by Crippen LogP contribution is -1.94. The van der Waals surface area contributed by atoms with Crippen LogP contribution in [0.1, 0.15) is 5.76 Å². The number of nitrogens with one attached hydrogen (secondary N) is 1. The second-order valence-corrected chi connectivity index (χ2v) is 5.37. The molecule has 0 aliphatic heterocycles. The van der Waals surface area contributed by atoms with E-state index in [0.29, 0.717) is 28.7 Å². The second-order valence-electron chi connectivity index (χ2n) is 5.37. The number of furan rings is 1. The summed E-state index contributed by atoms with van der Waals surface area (Å²) in [4.78, 5) is 24.4. The van der Waals surface area contributed by atoms with Gasteiger partial charge in [0, 0.05) is 18.2 Å². The number of hydrogen-bond donors (Lipinski definition) is 1.